The van der Waals surface area contributed by atoms with Crippen LogP contribution in [-0.2, 0) is 0 Å². The molecule has 4 aromatic rings. The molecule has 0 radical (unpaired) electrons. The van der Waals surface area contributed by atoms with Crippen molar-refractivity contribution < 1.29 is 23.0 Å². The van der Waals surface area contributed by atoms with Gasteiger partial charge in [-0.3, -0.25) is 4.90 Å². The van der Waals surface area contributed by atoms with Gasteiger partial charge in [-0.1, -0.05) is 18.7 Å². The van der Waals surface area contributed by atoms with Crippen molar-refractivity contribution in [1.29, 1.82) is 5.26 Å². The van der Waals surface area contributed by atoms with Crippen molar-refractivity contribution in [3.63, 3.8) is 0 Å². The first-order chi connectivity index (χ1) is 22.3. The lowest BCUT2D eigenvalue weighted by atomic mass is 9.90. The fourth-order valence-corrected chi connectivity index (χ4v) is 8.32. The molecule has 1 aromatic heterocycles. The first-order valence-electron chi connectivity index (χ1n) is 15.8. The number of phenolic OH excluding ortho intramolecular Hbond substituents is 1. The first-order valence-corrected chi connectivity index (χ1v) is 15.8. The number of phenols is 1. The van der Waals surface area contributed by atoms with Crippen molar-refractivity contribution in [1.82, 2.24) is 20.2 Å². The van der Waals surface area contributed by atoms with Gasteiger partial charge in [0.25, 0.3) is 0 Å². The smallest absolute Gasteiger partial charge is 0.319 e. The van der Waals surface area contributed by atoms with Gasteiger partial charge in [-0.25, -0.2) is 13.2 Å². The maximum atomic E-state index is 17.1. The van der Waals surface area contributed by atoms with Crippen LogP contribution in [0.15, 0.2) is 36.9 Å². The number of rotatable bonds is 6. The monoisotopic (exact) mass is 626 g/mol. The van der Waals surface area contributed by atoms with Gasteiger partial charge in [0.05, 0.1) is 17.2 Å². The summed E-state index contributed by atoms with van der Waals surface area (Å²) in [6.45, 7) is 6.39. The summed E-state index contributed by atoms with van der Waals surface area (Å²) in [5.74, 6) is -1.07. The largest absolute Gasteiger partial charge is 0.508 e. The average Bonchev–Trinajstić information content (AvgIpc) is 3.69. The number of anilines is 1. The number of aromatic hydroxyl groups is 1. The molecule has 2 bridgehead atoms. The molecule has 2 N–H and O–H groups in total. The summed E-state index contributed by atoms with van der Waals surface area (Å²) in [5.41, 5.74) is -0.355. The van der Waals surface area contributed by atoms with Gasteiger partial charge in [0, 0.05) is 60.0 Å². The minimum atomic E-state index is -0.930. The number of alkyl halides is 1. The lowest BCUT2D eigenvalue weighted by molar-refractivity contribution is 0.107. The predicted molar refractivity (Wildman–Crippen MR) is 170 cm³/mol. The molecule has 236 valence electrons. The average molecular weight is 627 g/mol. The Morgan fingerprint density at radius 1 is 1.15 bits per heavy atom. The highest BCUT2D eigenvalue weighted by Crippen LogP contribution is 2.44. The zero-order valence-electron chi connectivity index (χ0n) is 25.2. The molecule has 0 saturated carbocycles. The highest BCUT2D eigenvalue weighted by Gasteiger charge is 2.49. The number of fused-ring (bicyclic) bond motifs is 5. The fraction of sp³-hybridized carbons (Fsp3) is 0.400. The number of halogens is 3. The van der Waals surface area contributed by atoms with Gasteiger partial charge < -0.3 is 20.1 Å². The summed E-state index contributed by atoms with van der Waals surface area (Å²) in [6.07, 6.45) is 4.56. The van der Waals surface area contributed by atoms with E-state index in [1.165, 1.54) is 30.3 Å². The summed E-state index contributed by atoms with van der Waals surface area (Å²) < 4.78 is 52.8. The Kier molecular flexibility index (Phi) is 6.85. The van der Waals surface area contributed by atoms with Gasteiger partial charge in [0.1, 0.15) is 35.7 Å². The lowest BCUT2D eigenvalue weighted by Crippen LogP contribution is -2.51. The number of aromatic nitrogens is 2. The van der Waals surface area contributed by atoms with E-state index in [0.29, 0.717) is 48.0 Å². The number of piperazine rings is 1. The number of nitrogens with one attached hydrogen (secondary N) is 1. The van der Waals surface area contributed by atoms with E-state index in [-0.39, 0.29) is 58.2 Å². The van der Waals surface area contributed by atoms with E-state index in [1.807, 2.05) is 0 Å². The highest BCUT2D eigenvalue weighted by atomic mass is 19.1. The van der Waals surface area contributed by atoms with Gasteiger partial charge in [0.15, 0.2) is 5.82 Å². The van der Waals surface area contributed by atoms with E-state index in [0.717, 1.165) is 32.2 Å². The van der Waals surface area contributed by atoms with Crippen molar-refractivity contribution in [2.24, 2.45) is 0 Å². The minimum Gasteiger partial charge on any atom is -0.508 e. The molecular formula is C35H33F3N6O2. The summed E-state index contributed by atoms with van der Waals surface area (Å²) in [7, 11) is 0. The maximum Gasteiger partial charge on any atom is 0.319 e. The molecule has 3 aromatic carbocycles. The van der Waals surface area contributed by atoms with Gasteiger partial charge in [-0.2, -0.15) is 15.2 Å². The van der Waals surface area contributed by atoms with Gasteiger partial charge in [-0.05, 0) is 67.4 Å². The second-order valence-electron chi connectivity index (χ2n) is 13.1. The molecular weight excluding hydrogens is 593 g/mol. The standard InChI is InChI=1S/C35H33F3N6O2/c1-2-25-28(37)7-4-19-10-24(45)12-26(29(19)25)30-20(14-39)11-27-32(31(30)38)41-34(42-33(27)43-16-22-5-6-23(17-43)40-22)46-18-35-8-3-9-44(35)15-21(36)13-35/h2,4,7,10-12,21-23,40,45H,1,3,5-6,8-9,13,15-18H2/t21-,22?,23?,35+/m1/s1. The van der Waals surface area contributed by atoms with Crippen molar-refractivity contribution >= 4 is 33.6 Å². The third-order valence-electron chi connectivity index (χ3n) is 10.3. The van der Waals surface area contributed by atoms with Crippen molar-refractivity contribution in [2.75, 3.05) is 37.7 Å². The number of hydrogen-bond donors (Lipinski definition) is 2. The first kappa shape index (κ1) is 29.0. The Bertz CT molecular complexity index is 1950. The van der Waals surface area contributed by atoms with E-state index in [2.05, 4.69) is 32.7 Å². The van der Waals surface area contributed by atoms with Crippen LogP contribution in [0, 0.1) is 23.0 Å². The van der Waals surface area contributed by atoms with Crippen LogP contribution in [-0.4, -0.2) is 76.6 Å². The Balaban J connectivity index is 1.33. The predicted octanol–water partition coefficient (Wildman–Crippen LogP) is 5.84. The number of nitriles is 1. The van der Waals surface area contributed by atoms with E-state index in [9.17, 15) is 19.1 Å². The topological polar surface area (TPSA) is 97.5 Å². The third-order valence-corrected chi connectivity index (χ3v) is 10.3. The van der Waals surface area contributed by atoms with Gasteiger partial charge >= 0.3 is 6.01 Å². The van der Waals surface area contributed by atoms with Crippen LogP contribution in [0.4, 0.5) is 19.0 Å². The van der Waals surface area contributed by atoms with Crippen LogP contribution in [0.25, 0.3) is 38.9 Å². The van der Waals surface area contributed by atoms with Crippen LogP contribution in [0.3, 0.4) is 0 Å². The van der Waals surface area contributed by atoms with E-state index >= 15 is 4.39 Å². The third kappa shape index (κ3) is 4.57. The summed E-state index contributed by atoms with van der Waals surface area (Å²) >= 11 is 0. The molecule has 4 fully saturated rings. The second-order valence-corrected chi connectivity index (χ2v) is 13.1. The van der Waals surface area contributed by atoms with Crippen molar-refractivity contribution in [2.45, 2.75) is 55.9 Å². The van der Waals surface area contributed by atoms with Crippen molar-refractivity contribution in [3.8, 4) is 29.0 Å². The Labute approximate surface area is 264 Å². The molecule has 4 saturated heterocycles. The molecule has 46 heavy (non-hydrogen) atoms. The molecule has 4 aliphatic heterocycles. The Hall–Kier alpha value is -4.40. The molecule has 2 unspecified atom stereocenters. The number of hydrogen-bond acceptors (Lipinski definition) is 8. The number of ether oxygens (including phenoxy) is 1. The van der Waals surface area contributed by atoms with E-state index in [1.54, 1.807) is 6.07 Å². The molecule has 8 rings (SSSR count). The molecule has 8 nitrogen and oxygen atoms in total. The maximum absolute atomic E-state index is 17.1. The summed E-state index contributed by atoms with van der Waals surface area (Å²) in [5, 5.41) is 25.7. The zero-order valence-corrected chi connectivity index (χ0v) is 25.2. The summed E-state index contributed by atoms with van der Waals surface area (Å²) in [6, 6.07) is 9.72. The quantitative estimate of drug-likeness (QED) is 0.276. The van der Waals surface area contributed by atoms with Crippen LogP contribution in [0.1, 0.15) is 43.2 Å². The van der Waals surface area contributed by atoms with Crippen LogP contribution >= 0.6 is 0 Å². The van der Waals surface area contributed by atoms with E-state index < -0.39 is 23.3 Å². The zero-order chi connectivity index (χ0) is 31.7. The van der Waals surface area contributed by atoms with Gasteiger partial charge in [0.2, 0.25) is 0 Å². The molecule has 0 amide bonds. The fourth-order valence-electron chi connectivity index (χ4n) is 8.32. The molecule has 11 heteroatoms. The Morgan fingerprint density at radius 2 is 1.96 bits per heavy atom. The van der Waals surface area contributed by atoms with Gasteiger partial charge in [-0.15, -0.1) is 0 Å². The number of benzene rings is 3. The van der Waals surface area contributed by atoms with Crippen molar-refractivity contribution in [3.05, 3.63) is 59.7 Å². The second kappa shape index (κ2) is 10.9. The summed E-state index contributed by atoms with van der Waals surface area (Å²) in [4.78, 5) is 13.6. The molecule has 0 spiro atoms. The normalized spacial score (nSPS) is 25.7. The van der Waals surface area contributed by atoms with Crippen LogP contribution < -0.4 is 15.0 Å². The number of nitrogens with zero attached hydrogens (tertiary/aromatic N) is 5. The SMILES string of the molecule is C=Cc1c(F)ccc2cc(O)cc(-c3c(C#N)cc4c(N5CC6CCC(C5)N6)nc(OC[C@@]56CCCN5C[C@H](F)C6)nc4c3F)c12. The molecule has 5 heterocycles. The Morgan fingerprint density at radius 3 is 2.72 bits per heavy atom. The van der Waals surface area contributed by atoms with Crippen LogP contribution in [0.5, 0.6) is 11.8 Å². The molecule has 4 aliphatic rings. The lowest BCUT2D eigenvalue weighted by Gasteiger charge is -2.34. The van der Waals surface area contributed by atoms with E-state index in [4.69, 9.17) is 9.72 Å². The molecule has 0 aliphatic carbocycles. The van der Waals surface area contributed by atoms with Crippen LogP contribution in [0.2, 0.25) is 0 Å². The minimum absolute atomic E-state index is 0.00627. The highest BCUT2D eigenvalue weighted by molar-refractivity contribution is 6.06. The molecule has 4 atom stereocenters.